The third-order valence-corrected chi connectivity index (χ3v) is 4.02. The predicted octanol–water partition coefficient (Wildman–Crippen LogP) is 4.54. The van der Waals surface area contributed by atoms with E-state index in [4.69, 9.17) is 21.1 Å². The van der Waals surface area contributed by atoms with Crippen molar-refractivity contribution in [2.75, 3.05) is 27.3 Å². The number of hydrogen-bond acceptors (Lipinski definition) is 3. The van der Waals surface area contributed by atoms with Gasteiger partial charge in [0.25, 0.3) is 0 Å². The first-order valence-corrected chi connectivity index (χ1v) is 8.27. The Morgan fingerprint density at radius 1 is 0.833 bits per heavy atom. The van der Waals surface area contributed by atoms with Gasteiger partial charge < -0.3 is 14.8 Å². The van der Waals surface area contributed by atoms with E-state index in [-0.39, 0.29) is 12.4 Å². The first-order chi connectivity index (χ1) is 11.2. The van der Waals surface area contributed by atoms with Gasteiger partial charge in [-0.1, -0.05) is 29.8 Å². The molecule has 2 rings (SSSR count). The minimum absolute atomic E-state index is 0. The SMILES string of the molecule is COc1ccc(CCNCCCc2ccc(Cl)cc2)cc1OC.Cl. The van der Waals surface area contributed by atoms with Gasteiger partial charge in [-0.3, -0.25) is 0 Å². The van der Waals surface area contributed by atoms with Gasteiger partial charge in [0, 0.05) is 5.02 Å². The average Bonchev–Trinajstić information content (AvgIpc) is 2.59. The monoisotopic (exact) mass is 369 g/mol. The lowest BCUT2D eigenvalue weighted by Gasteiger charge is -2.10. The topological polar surface area (TPSA) is 30.5 Å². The van der Waals surface area contributed by atoms with Crippen LogP contribution >= 0.6 is 24.0 Å². The first kappa shape index (κ1) is 20.6. The fourth-order valence-corrected chi connectivity index (χ4v) is 2.59. The van der Waals surface area contributed by atoms with E-state index >= 15 is 0 Å². The zero-order chi connectivity index (χ0) is 16.5. The van der Waals surface area contributed by atoms with Crippen LogP contribution in [0.25, 0.3) is 0 Å². The molecule has 2 aromatic rings. The molecule has 0 atom stereocenters. The van der Waals surface area contributed by atoms with Gasteiger partial charge in [0.05, 0.1) is 14.2 Å². The third kappa shape index (κ3) is 6.60. The summed E-state index contributed by atoms with van der Waals surface area (Å²) in [6.07, 6.45) is 3.16. The summed E-state index contributed by atoms with van der Waals surface area (Å²) in [6.45, 7) is 1.96. The molecule has 0 bridgehead atoms. The molecule has 0 aliphatic heterocycles. The van der Waals surface area contributed by atoms with Gasteiger partial charge in [-0.15, -0.1) is 12.4 Å². The van der Waals surface area contributed by atoms with Gasteiger partial charge in [0.1, 0.15) is 0 Å². The Morgan fingerprint density at radius 3 is 2.17 bits per heavy atom. The largest absolute Gasteiger partial charge is 0.493 e. The van der Waals surface area contributed by atoms with E-state index < -0.39 is 0 Å². The standard InChI is InChI=1S/C19H24ClNO2.ClH/c1-22-18-10-7-16(14-19(18)23-2)11-13-21-12-3-4-15-5-8-17(20)9-6-15;/h5-10,14,21H,3-4,11-13H2,1-2H3;1H. The molecule has 0 unspecified atom stereocenters. The van der Waals surface area contributed by atoms with Gasteiger partial charge in [0.2, 0.25) is 0 Å². The summed E-state index contributed by atoms with van der Waals surface area (Å²) in [5.74, 6) is 1.56. The molecule has 0 aliphatic rings. The molecule has 0 aromatic heterocycles. The van der Waals surface area contributed by atoms with E-state index in [9.17, 15) is 0 Å². The van der Waals surface area contributed by atoms with Gasteiger partial charge in [-0.05, 0) is 67.7 Å². The van der Waals surface area contributed by atoms with Crippen molar-refractivity contribution >= 4 is 24.0 Å². The lowest BCUT2D eigenvalue weighted by atomic mass is 10.1. The molecule has 132 valence electrons. The van der Waals surface area contributed by atoms with Crippen LogP contribution in [0.1, 0.15) is 17.5 Å². The molecule has 0 heterocycles. The maximum absolute atomic E-state index is 5.88. The van der Waals surface area contributed by atoms with E-state index in [1.165, 1.54) is 11.1 Å². The highest BCUT2D eigenvalue weighted by molar-refractivity contribution is 6.30. The van der Waals surface area contributed by atoms with Gasteiger partial charge in [-0.2, -0.15) is 0 Å². The van der Waals surface area contributed by atoms with Crippen LogP contribution in [0.2, 0.25) is 5.02 Å². The van der Waals surface area contributed by atoms with Crippen molar-refractivity contribution in [3.8, 4) is 11.5 Å². The Bertz CT molecular complexity index is 603. The summed E-state index contributed by atoms with van der Waals surface area (Å²) >= 11 is 5.88. The molecule has 1 N–H and O–H groups in total. The van der Waals surface area contributed by atoms with Crippen molar-refractivity contribution in [1.29, 1.82) is 0 Å². The molecule has 0 amide bonds. The van der Waals surface area contributed by atoms with Crippen LogP contribution in [0.4, 0.5) is 0 Å². The van der Waals surface area contributed by atoms with Gasteiger partial charge >= 0.3 is 0 Å². The number of rotatable bonds is 9. The maximum Gasteiger partial charge on any atom is 0.160 e. The number of halogens is 2. The minimum Gasteiger partial charge on any atom is -0.493 e. The summed E-state index contributed by atoms with van der Waals surface area (Å²) in [7, 11) is 3.32. The predicted molar refractivity (Wildman–Crippen MR) is 103 cm³/mol. The second-order valence-corrected chi connectivity index (χ2v) is 5.86. The molecule has 0 saturated carbocycles. The number of ether oxygens (including phenoxy) is 2. The smallest absolute Gasteiger partial charge is 0.160 e. The molecule has 5 heteroatoms. The lowest BCUT2D eigenvalue weighted by molar-refractivity contribution is 0.354. The summed E-state index contributed by atoms with van der Waals surface area (Å²) in [5.41, 5.74) is 2.57. The Kier molecular flexibility index (Phi) is 9.62. The highest BCUT2D eigenvalue weighted by Crippen LogP contribution is 2.27. The number of hydrogen-bond donors (Lipinski definition) is 1. The molecule has 0 fully saturated rings. The normalized spacial score (nSPS) is 10.1. The number of nitrogens with one attached hydrogen (secondary N) is 1. The van der Waals surface area contributed by atoms with E-state index in [0.29, 0.717) is 0 Å². The summed E-state index contributed by atoms with van der Waals surface area (Å²) < 4.78 is 10.6. The fourth-order valence-electron chi connectivity index (χ4n) is 2.46. The molecular formula is C19H25Cl2NO2. The molecule has 0 radical (unpaired) electrons. The van der Waals surface area contributed by atoms with E-state index in [2.05, 4.69) is 23.5 Å². The molecule has 0 spiro atoms. The van der Waals surface area contributed by atoms with E-state index in [0.717, 1.165) is 48.9 Å². The molecule has 3 nitrogen and oxygen atoms in total. The quantitative estimate of drug-likeness (QED) is 0.658. The van der Waals surface area contributed by atoms with Crippen molar-refractivity contribution < 1.29 is 9.47 Å². The lowest BCUT2D eigenvalue weighted by Crippen LogP contribution is -2.19. The average molecular weight is 370 g/mol. The van der Waals surface area contributed by atoms with Crippen LogP contribution in [0.15, 0.2) is 42.5 Å². The second-order valence-electron chi connectivity index (χ2n) is 5.42. The highest BCUT2D eigenvalue weighted by atomic mass is 35.5. The Morgan fingerprint density at radius 2 is 1.50 bits per heavy atom. The second kappa shape index (κ2) is 11.2. The third-order valence-electron chi connectivity index (χ3n) is 3.77. The molecule has 2 aromatic carbocycles. The maximum atomic E-state index is 5.88. The number of methoxy groups -OCH3 is 2. The Balaban J connectivity index is 0.00000288. The van der Waals surface area contributed by atoms with Crippen LogP contribution in [-0.4, -0.2) is 27.3 Å². The molecule has 0 aliphatic carbocycles. The summed E-state index contributed by atoms with van der Waals surface area (Å²) in [5, 5.41) is 4.28. The van der Waals surface area contributed by atoms with E-state index in [1.807, 2.05) is 24.3 Å². The van der Waals surface area contributed by atoms with Crippen molar-refractivity contribution in [3.05, 3.63) is 58.6 Å². The van der Waals surface area contributed by atoms with Crippen LogP contribution < -0.4 is 14.8 Å². The van der Waals surface area contributed by atoms with Crippen molar-refractivity contribution in [1.82, 2.24) is 5.32 Å². The van der Waals surface area contributed by atoms with Crippen molar-refractivity contribution in [3.63, 3.8) is 0 Å². The first-order valence-electron chi connectivity index (χ1n) is 7.89. The zero-order valence-corrected chi connectivity index (χ0v) is 15.8. The van der Waals surface area contributed by atoms with Crippen LogP contribution in [0.5, 0.6) is 11.5 Å². The fraction of sp³-hybridized carbons (Fsp3) is 0.368. The highest BCUT2D eigenvalue weighted by Gasteiger charge is 2.04. The molecule has 0 saturated heterocycles. The Labute approximate surface area is 155 Å². The summed E-state index contributed by atoms with van der Waals surface area (Å²) in [4.78, 5) is 0. The number of benzene rings is 2. The van der Waals surface area contributed by atoms with Crippen molar-refractivity contribution in [2.45, 2.75) is 19.3 Å². The van der Waals surface area contributed by atoms with Crippen LogP contribution in [0.3, 0.4) is 0 Å². The molecule has 24 heavy (non-hydrogen) atoms. The van der Waals surface area contributed by atoms with E-state index in [1.54, 1.807) is 14.2 Å². The summed E-state index contributed by atoms with van der Waals surface area (Å²) in [6, 6.07) is 14.1. The van der Waals surface area contributed by atoms with Crippen LogP contribution in [0, 0.1) is 0 Å². The molecular weight excluding hydrogens is 345 g/mol. The van der Waals surface area contributed by atoms with Crippen molar-refractivity contribution in [2.24, 2.45) is 0 Å². The van der Waals surface area contributed by atoms with Gasteiger partial charge in [0.15, 0.2) is 11.5 Å². The van der Waals surface area contributed by atoms with Gasteiger partial charge in [-0.25, -0.2) is 0 Å². The minimum atomic E-state index is 0. The number of aryl methyl sites for hydroxylation is 1. The zero-order valence-electron chi connectivity index (χ0n) is 14.2. The van der Waals surface area contributed by atoms with Crippen LogP contribution in [-0.2, 0) is 12.8 Å². The Hall–Kier alpha value is -1.42.